The summed E-state index contributed by atoms with van der Waals surface area (Å²) < 4.78 is 5.78. The monoisotopic (exact) mass is 240 g/mol. The molecule has 0 bridgehead atoms. The van der Waals surface area contributed by atoms with Crippen LogP contribution in [0.5, 0.6) is 5.75 Å². The molecular formula is C15H17BO2. The van der Waals surface area contributed by atoms with Crippen LogP contribution in [0.2, 0.25) is 6.82 Å². The Balaban J connectivity index is 2.06. The van der Waals surface area contributed by atoms with Crippen molar-refractivity contribution < 1.29 is 9.76 Å². The van der Waals surface area contributed by atoms with E-state index in [-0.39, 0.29) is 0 Å². The number of hydrogen-bond acceptors (Lipinski definition) is 2. The second-order valence-corrected chi connectivity index (χ2v) is 4.48. The summed E-state index contributed by atoms with van der Waals surface area (Å²) in [6.45, 7) is 3.88. The first kappa shape index (κ1) is 12.7. The topological polar surface area (TPSA) is 29.5 Å². The lowest BCUT2D eigenvalue weighted by molar-refractivity contribution is 0.304. The second-order valence-electron chi connectivity index (χ2n) is 4.48. The maximum atomic E-state index is 9.51. The van der Waals surface area contributed by atoms with Crippen LogP contribution in [0.15, 0.2) is 48.5 Å². The van der Waals surface area contributed by atoms with Gasteiger partial charge in [0.05, 0.1) is 0 Å². The standard InChI is InChI=1S/C15H17BO2/c1-12-10-14(16(2)17)8-9-15(12)18-11-13-6-4-3-5-7-13/h3-10,17H,11H2,1-2H3. The zero-order chi connectivity index (χ0) is 13.0. The molecule has 0 fully saturated rings. The Labute approximate surface area is 108 Å². The average molecular weight is 240 g/mol. The molecule has 18 heavy (non-hydrogen) atoms. The van der Waals surface area contributed by atoms with Crippen LogP contribution in [0, 0.1) is 6.92 Å². The van der Waals surface area contributed by atoms with Gasteiger partial charge in [-0.15, -0.1) is 0 Å². The maximum Gasteiger partial charge on any atom is 0.320 e. The van der Waals surface area contributed by atoms with Gasteiger partial charge in [0.2, 0.25) is 0 Å². The molecule has 1 N–H and O–H groups in total. The van der Waals surface area contributed by atoms with E-state index >= 15 is 0 Å². The maximum absolute atomic E-state index is 9.51. The minimum absolute atomic E-state index is 0.438. The van der Waals surface area contributed by atoms with Crippen molar-refractivity contribution in [2.24, 2.45) is 0 Å². The van der Waals surface area contributed by atoms with E-state index in [0.29, 0.717) is 6.61 Å². The zero-order valence-corrected chi connectivity index (χ0v) is 10.8. The number of benzene rings is 2. The predicted molar refractivity (Wildman–Crippen MR) is 75.4 cm³/mol. The van der Waals surface area contributed by atoms with Crippen LogP contribution in [0.25, 0.3) is 0 Å². The summed E-state index contributed by atoms with van der Waals surface area (Å²) >= 11 is 0. The molecule has 0 atom stereocenters. The van der Waals surface area contributed by atoms with Gasteiger partial charge >= 0.3 is 6.92 Å². The molecule has 2 aromatic rings. The lowest BCUT2D eigenvalue weighted by Crippen LogP contribution is -2.26. The SMILES string of the molecule is CB(O)c1ccc(OCc2ccccc2)c(C)c1. The quantitative estimate of drug-likeness (QED) is 0.831. The molecule has 0 saturated carbocycles. The van der Waals surface area contributed by atoms with E-state index in [2.05, 4.69) is 0 Å². The third-order valence-electron chi connectivity index (χ3n) is 2.92. The minimum Gasteiger partial charge on any atom is -0.489 e. The van der Waals surface area contributed by atoms with Gasteiger partial charge in [-0.05, 0) is 29.6 Å². The Hall–Kier alpha value is -1.74. The molecule has 0 aliphatic carbocycles. The van der Waals surface area contributed by atoms with Gasteiger partial charge in [0.15, 0.2) is 0 Å². The molecule has 2 aromatic carbocycles. The van der Waals surface area contributed by atoms with Crippen molar-refractivity contribution in [2.75, 3.05) is 0 Å². The molecule has 0 amide bonds. The van der Waals surface area contributed by atoms with E-state index in [1.54, 1.807) is 6.82 Å². The van der Waals surface area contributed by atoms with Gasteiger partial charge in [-0.3, -0.25) is 0 Å². The van der Waals surface area contributed by atoms with E-state index in [0.717, 1.165) is 22.3 Å². The lowest BCUT2D eigenvalue weighted by atomic mass is 9.64. The molecule has 2 nitrogen and oxygen atoms in total. The zero-order valence-electron chi connectivity index (χ0n) is 10.8. The molecular weight excluding hydrogens is 223 g/mol. The fourth-order valence-corrected chi connectivity index (χ4v) is 1.83. The molecule has 0 saturated heterocycles. The van der Waals surface area contributed by atoms with Crippen molar-refractivity contribution in [3.63, 3.8) is 0 Å². The molecule has 0 unspecified atom stereocenters. The first-order valence-electron chi connectivity index (χ1n) is 6.12. The van der Waals surface area contributed by atoms with Crippen molar-refractivity contribution in [3.8, 4) is 5.75 Å². The lowest BCUT2D eigenvalue weighted by Gasteiger charge is -2.11. The number of rotatable bonds is 4. The van der Waals surface area contributed by atoms with Gasteiger partial charge in [-0.1, -0.05) is 49.3 Å². The largest absolute Gasteiger partial charge is 0.489 e. The molecule has 92 valence electrons. The van der Waals surface area contributed by atoms with Gasteiger partial charge in [0.25, 0.3) is 0 Å². The summed E-state index contributed by atoms with van der Waals surface area (Å²) in [5.41, 5.74) is 3.11. The number of aryl methyl sites for hydroxylation is 1. The summed E-state index contributed by atoms with van der Waals surface area (Å²) in [5.74, 6) is 0.864. The van der Waals surface area contributed by atoms with Crippen LogP contribution in [0.3, 0.4) is 0 Å². The fraction of sp³-hybridized carbons (Fsp3) is 0.200. The Morgan fingerprint density at radius 3 is 2.44 bits per heavy atom. The van der Waals surface area contributed by atoms with Crippen LogP contribution >= 0.6 is 0 Å². The summed E-state index contributed by atoms with van der Waals surface area (Å²) in [4.78, 5) is 0. The van der Waals surface area contributed by atoms with E-state index in [4.69, 9.17) is 4.74 Å². The average Bonchev–Trinajstić information content (AvgIpc) is 2.38. The molecule has 0 aliphatic rings. The van der Waals surface area contributed by atoms with Crippen LogP contribution in [-0.2, 0) is 6.61 Å². The van der Waals surface area contributed by atoms with Crippen molar-refractivity contribution in [1.29, 1.82) is 0 Å². The summed E-state index contributed by atoms with van der Waals surface area (Å²) in [6, 6.07) is 15.9. The number of hydrogen-bond donors (Lipinski definition) is 1. The van der Waals surface area contributed by atoms with Gasteiger partial charge in [0, 0.05) is 0 Å². The first-order chi connectivity index (χ1) is 8.66. The van der Waals surface area contributed by atoms with E-state index in [9.17, 15) is 5.02 Å². The summed E-state index contributed by atoms with van der Waals surface area (Å²) in [7, 11) is 0. The highest BCUT2D eigenvalue weighted by molar-refractivity contribution is 6.64. The van der Waals surface area contributed by atoms with E-state index < -0.39 is 6.92 Å². The first-order valence-corrected chi connectivity index (χ1v) is 6.12. The Morgan fingerprint density at radius 2 is 1.83 bits per heavy atom. The van der Waals surface area contributed by atoms with Crippen molar-refractivity contribution >= 4 is 12.4 Å². The van der Waals surface area contributed by atoms with Crippen molar-refractivity contribution in [2.45, 2.75) is 20.4 Å². The highest BCUT2D eigenvalue weighted by Gasteiger charge is 2.08. The fourth-order valence-electron chi connectivity index (χ4n) is 1.83. The molecule has 0 aliphatic heterocycles. The normalized spacial score (nSPS) is 10.2. The van der Waals surface area contributed by atoms with Crippen LogP contribution < -0.4 is 10.2 Å². The Morgan fingerprint density at radius 1 is 1.11 bits per heavy atom. The molecule has 0 radical (unpaired) electrons. The summed E-state index contributed by atoms with van der Waals surface area (Å²) in [6.07, 6.45) is 0. The molecule has 0 heterocycles. The highest BCUT2D eigenvalue weighted by Crippen LogP contribution is 2.17. The molecule has 0 spiro atoms. The smallest absolute Gasteiger partial charge is 0.320 e. The van der Waals surface area contributed by atoms with Gasteiger partial charge in [-0.2, -0.15) is 0 Å². The molecule has 2 rings (SSSR count). The minimum atomic E-state index is -0.438. The molecule has 0 aromatic heterocycles. The van der Waals surface area contributed by atoms with Crippen LogP contribution in [0.1, 0.15) is 11.1 Å². The van der Waals surface area contributed by atoms with E-state index in [1.165, 1.54) is 0 Å². The van der Waals surface area contributed by atoms with Crippen molar-refractivity contribution in [3.05, 3.63) is 59.7 Å². The van der Waals surface area contributed by atoms with Gasteiger partial charge < -0.3 is 9.76 Å². The molecule has 3 heteroatoms. The third-order valence-corrected chi connectivity index (χ3v) is 2.92. The van der Waals surface area contributed by atoms with Crippen molar-refractivity contribution in [1.82, 2.24) is 0 Å². The van der Waals surface area contributed by atoms with Crippen LogP contribution in [-0.4, -0.2) is 11.9 Å². The summed E-state index contributed by atoms with van der Waals surface area (Å²) in [5, 5.41) is 9.51. The van der Waals surface area contributed by atoms with E-state index in [1.807, 2.05) is 55.5 Å². The van der Waals surface area contributed by atoms with Crippen LogP contribution in [0.4, 0.5) is 0 Å². The number of ether oxygens (including phenoxy) is 1. The predicted octanol–water partition coefficient (Wildman–Crippen LogP) is 2.39. The second kappa shape index (κ2) is 5.74. The highest BCUT2D eigenvalue weighted by atomic mass is 16.5. The Kier molecular flexibility index (Phi) is 4.05. The Bertz CT molecular complexity index is 509. The van der Waals surface area contributed by atoms with Gasteiger partial charge in [-0.25, -0.2) is 0 Å². The van der Waals surface area contributed by atoms with Gasteiger partial charge in [0.1, 0.15) is 12.4 Å². The third kappa shape index (κ3) is 3.14.